The molecule has 28 heavy (non-hydrogen) atoms. The van der Waals surface area contributed by atoms with E-state index in [1.165, 1.54) is 11.8 Å². The fraction of sp³-hybridized carbons (Fsp3) is 0.474. The molecule has 4 atom stereocenters. The number of benzene rings is 1. The number of amides is 2. The molecule has 2 amide bonds. The Morgan fingerprint density at radius 3 is 2.54 bits per heavy atom. The van der Waals surface area contributed by atoms with Gasteiger partial charge in [-0.2, -0.15) is 0 Å². The number of guanidine groups is 1. The molecule has 1 aliphatic carbocycles. The van der Waals surface area contributed by atoms with E-state index in [9.17, 15) is 9.59 Å². The number of nitrogens with one attached hydrogen (secondary N) is 2. The van der Waals surface area contributed by atoms with Crippen molar-refractivity contribution in [2.24, 2.45) is 17.6 Å². The predicted octanol–water partition coefficient (Wildman–Crippen LogP) is 0.718. The maximum atomic E-state index is 12.1. The van der Waals surface area contributed by atoms with E-state index in [0.717, 1.165) is 5.56 Å². The van der Waals surface area contributed by atoms with Gasteiger partial charge >= 0.3 is 6.09 Å². The zero-order valence-electron chi connectivity index (χ0n) is 15.5. The fourth-order valence-electron chi connectivity index (χ4n) is 4.46. The molecule has 0 aromatic heterocycles. The predicted molar refractivity (Wildman–Crippen MR) is 101 cm³/mol. The quantitative estimate of drug-likeness (QED) is 0.403. The molecule has 3 aliphatic rings. The number of hydrogen-bond acceptors (Lipinski definition) is 4. The largest absolute Gasteiger partial charge is 0.442 e. The Kier molecular flexibility index (Phi) is 4.14. The molecule has 9 heteroatoms. The number of carbonyl (C=O) groups is 2. The third kappa shape index (κ3) is 2.72. The molecular weight excluding hydrogens is 360 g/mol. The monoisotopic (exact) mass is 382 g/mol. The lowest BCUT2D eigenvalue weighted by atomic mass is 9.99. The lowest BCUT2D eigenvalue weighted by Crippen LogP contribution is -2.38. The first kappa shape index (κ1) is 18.1. The van der Waals surface area contributed by atoms with Crippen LogP contribution in [0.3, 0.4) is 0 Å². The van der Waals surface area contributed by atoms with Crippen LogP contribution in [0.2, 0.25) is 0 Å². The van der Waals surface area contributed by atoms with Crippen molar-refractivity contribution in [2.75, 3.05) is 31.1 Å². The van der Waals surface area contributed by atoms with E-state index in [1.54, 1.807) is 0 Å². The molecule has 3 fully saturated rings. The first-order valence-corrected chi connectivity index (χ1v) is 9.17. The van der Waals surface area contributed by atoms with Gasteiger partial charge in [0.25, 0.3) is 5.54 Å². The molecular formula is C19H22N6O3. The van der Waals surface area contributed by atoms with E-state index in [2.05, 4.69) is 10.2 Å². The molecule has 9 nitrogen and oxygen atoms in total. The van der Waals surface area contributed by atoms with Crippen molar-refractivity contribution in [3.05, 3.63) is 41.2 Å². The highest BCUT2D eigenvalue weighted by Crippen LogP contribution is 2.64. The van der Waals surface area contributed by atoms with Crippen molar-refractivity contribution in [3.8, 4) is 0 Å². The highest BCUT2D eigenvalue weighted by Gasteiger charge is 2.77. The van der Waals surface area contributed by atoms with Crippen LogP contribution in [0, 0.1) is 23.8 Å². The molecule has 1 aromatic rings. The van der Waals surface area contributed by atoms with Crippen molar-refractivity contribution in [3.63, 3.8) is 0 Å². The van der Waals surface area contributed by atoms with Gasteiger partial charge in [-0.15, -0.1) is 0 Å². The highest BCUT2D eigenvalue weighted by molar-refractivity contribution is 5.89. The van der Waals surface area contributed by atoms with Crippen LogP contribution in [0.15, 0.2) is 24.3 Å². The van der Waals surface area contributed by atoms with E-state index < -0.39 is 11.6 Å². The maximum Gasteiger partial charge on any atom is 0.414 e. The zero-order chi connectivity index (χ0) is 20.1. The summed E-state index contributed by atoms with van der Waals surface area (Å²) >= 11 is 0. The molecule has 0 bridgehead atoms. The number of ether oxygens (including phenoxy) is 1. The standard InChI is InChI=1S/C19H22N6O3/c1-11(26)23-7-14-8-25(18(27)28-14)13-5-3-12(4-6-13)19(22-2)15-9-24(17(20)21)10-16(15)19/h3-6,14-16H,7-10H2,1H3,(H3,20,21)(H,23,26)/t14-,15-,16+,19?/m0/s1. The molecule has 2 aliphatic heterocycles. The van der Waals surface area contributed by atoms with E-state index in [1.807, 2.05) is 29.2 Å². The molecule has 0 spiro atoms. The third-order valence-electron chi connectivity index (χ3n) is 5.96. The molecule has 0 radical (unpaired) electrons. The normalized spacial score (nSPS) is 30.4. The summed E-state index contributed by atoms with van der Waals surface area (Å²) in [6.07, 6.45) is -0.825. The molecule has 146 valence electrons. The van der Waals surface area contributed by atoms with E-state index >= 15 is 0 Å². The van der Waals surface area contributed by atoms with Crippen LogP contribution >= 0.6 is 0 Å². The smallest absolute Gasteiger partial charge is 0.414 e. The second-order valence-electron chi connectivity index (χ2n) is 7.54. The zero-order valence-corrected chi connectivity index (χ0v) is 15.5. The van der Waals surface area contributed by atoms with Gasteiger partial charge in [-0.3, -0.25) is 15.1 Å². The van der Waals surface area contributed by atoms with Crippen LogP contribution in [0.25, 0.3) is 4.85 Å². The number of anilines is 1. The van der Waals surface area contributed by atoms with Gasteiger partial charge in [0.05, 0.1) is 24.9 Å². The van der Waals surface area contributed by atoms with Gasteiger partial charge in [0.2, 0.25) is 5.91 Å². The van der Waals surface area contributed by atoms with Crippen molar-refractivity contribution in [2.45, 2.75) is 18.6 Å². The Bertz CT molecular complexity index is 865. The SMILES string of the molecule is [C-]#[N+]C1(c2ccc(N3C[C@H](CNC(C)=O)OC3=O)cc2)[C@@H]2CN(C(=N)N)C[C@@H]21. The van der Waals surface area contributed by atoms with Crippen molar-refractivity contribution < 1.29 is 14.3 Å². The number of fused-ring (bicyclic) bond motifs is 1. The Morgan fingerprint density at radius 2 is 2.00 bits per heavy atom. The van der Waals surface area contributed by atoms with Crippen LogP contribution in [-0.2, 0) is 15.1 Å². The second-order valence-corrected chi connectivity index (χ2v) is 7.54. The minimum atomic E-state index is -0.552. The van der Waals surface area contributed by atoms with Gasteiger partial charge in [0, 0.05) is 31.3 Å². The number of hydrogen-bond donors (Lipinski definition) is 3. The van der Waals surface area contributed by atoms with Gasteiger partial charge in [0.1, 0.15) is 6.10 Å². The highest BCUT2D eigenvalue weighted by atomic mass is 16.6. The molecule has 4 N–H and O–H groups in total. The van der Waals surface area contributed by atoms with Gasteiger partial charge < -0.3 is 25.5 Å². The summed E-state index contributed by atoms with van der Waals surface area (Å²) < 4.78 is 5.29. The summed E-state index contributed by atoms with van der Waals surface area (Å²) in [7, 11) is 0. The Morgan fingerprint density at radius 1 is 1.36 bits per heavy atom. The summed E-state index contributed by atoms with van der Waals surface area (Å²) in [5.74, 6) is 0.251. The molecule has 2 saturated heterocycles. The van der Waals surface area contributed by atoms with Crippen molar-refractivity contribution >= 4 is 23.6 Å². The number of rotatable bonds is 4. The fourth-order valence-corrected chi connectivity index (χ4v) is 4.46. The van der Waals surface area contributed by atoms with Crippen LogP contribution in [-0.4, -0.2) is 55.1 Å². The number of likely N-dealkylation sites (tertiary alicyclic amines) is 1. The van der Waals surface area contributed by atoms with Gasteiger partial charge in [-0.25, -0.2) is 11.4 Å². The topological polar surface area (TPSA) is 116 Å². The van der Waals surface area contributed by atoms with E-state index in [4.69, 9.17) is 22.5 Å². The summed E-state index contributed by atoms with van der Waals surface area (Å²) in [5, 5.41) is 10.2. The number of cyclic esters (lactones) is 1. The Hall–Kier alpha value is -3.28. The number of nitrogens with zero attached hydrogens (tertiary/aromatic N) is 3. The number of piperidine rings is 1. The van der Waals surface area contributed by atoms with Crippen molar-refractivity contribution in [1.29, 1.82) is 5.41 Å². The lowest BCUT2D eigenvalue weighted by Gasteiger charge is -2.21. The average Bonchev–Trinajstić information content (AvgIpc) is 2.99. The minimum absolute atomic E-state index is 0.0581. The van der Waals surface area contributed by atoms with Crippen molar-refractivity contribution in [1.82, 2.24) is 10.2 Å². The first-order chi connectivity index (χ1) is 13.4. The number of nitrogens with two attached hydrogens (primary N) is 1. The lowest BCUT2D eigenvalue weighted by molar-refractivity contribution is -0.119. The summed E-state index contributed by atoms with van der Waals surface area (Å²) in [6.45, 7) is 11.1. The average molecular weight is 382 g/mol. The van der Waals surface area contributed by atoms with Crippen LogP contribution < -0.4 is 16.0 Å². The third-order valence-corrected chi connectivity index (χ3v) is 5.96. The van der Waals surface area contributed by atoms with Gasteiger partial charge in [-0.1, -0.05) is 0 Å². The molecule has 1 unspecified atom stereocenters. The van der Waals surface area contributed by atoms with Crippen LogP contribution in [0.5, 0.6) is 0 Å². The first-order valence-electron chi connectivity index (χ1n) is 9.17. The van der Waals surface area contributed by atoms with E-state index in [-0.39, 0.29) is 36.4 Å². The Labute approximate surface area is 162 Å². The number of carbonyl (C=O) groups excluding carboxylic acids is 2. The summed E-state index contributed by atoms with van der Waals surface area (Å²) in [6, 6.07) is 7.47. The molecule has 2 heterocycles. The summed E-state index contributed by atoms with van der Waals surface area (Å²) in [4.78, 5) is 30.5. The van der Waals surface area contributed by atoms with Crippen LogP contribution in [0.4, 0.5) is 10.5 Å². The molecule has 1 aromatic carbocycles. The Balaban J connectivity index is 1.45. The van der Waals surface area contributed by atoms with Gasteiger partial charge in [0.15, 0.2) is 5.96 Å². The minimum Gasteiger partial charge on any atom is -0.442 e. The molecule has 4 rings (SSSR count). The van der Waals surface area contributed by atoms with Gasteiger partial charge in [-0.05, 0) is 24.3 Å². The maximum absolute atomic E-state index is 12.1. The summed E-state index contributed by atoms with van der Waals surface area (Å²) in [5.41, 5.74) is 6.65. The molecule has 1 saturated carbocycles. The van der Waals surface area contributed by atoms with Crippen LogP contribution in [0.1, 0.15) is 12.5 Å². The van der Waals surface area contributed by atoms with E-state index in [0.29, 0.717) is 25.3 Å². The second kappa shape index (κ2) is 6.41.